The van der Waals surface area contributed by atoms with Gasteiger partial charge < -0.3 is 5.32 Å². The first kappa shape index (κ1) is 13.8. The van der Waals surface area contributed by atoms with Gasteiger partial charge in [-0.2, -0.15) is 0 Å². The average Bonchev–Trinajstić information content (AvgIpc) is 2.68. The first-order chi connectivity index (χ1) is 8.60. The lowest BCUT2D eigenvalue weighted by Crippen LogP contribution is -2.18. The van der Waals surface area contributed by atoms with Crippen LogP contribution in [0.5, 0.6) is 0 Å². The van der Waals surface area contributed by atoms with E-state index in [0.29, 0.717) is 6.04 Å². The molecular weight excluding hydrogens is 306 g/mol. The fraction of sp³-hybridized carbons (Fsp3) is 0.333. The van der Waals surface area contributed by atoms with Crippen molar-refractivity contribution in [3.8, 4) is 0 Å². The molecule has 1 heterocycles. The predicted molar refractivity (Wildman–Crippen MR) is 83.4 cm³/mol. The van der Waals surface area contributed by atoms with E-state index in [-0.39, 0.29) is 0 Å². The van der Waals surface area contributed by atoms with E-state index in [1.807, 2.05) is 18.4 Å². The van der Waals surface area contributed by atoms with Crippen LogP contribution >= 0.6 is 27.3 Å². The van der Waals surface area contributed by atoms with Crippen LogP contribution in [0, 0.1) is 13.8 Å². The van der Waals surface area contributed by atoms with E-state index in [1.54, 1.807) is 0 Å². The topological polar surface area (TPSA) is 12.0 Å². The van der Waals surface area contributed by atoms with Crippen LogP contribution in [-0.2, 0) is 6.42 Å². The van der Waals surface area contributed by atoms with Crippen molar-refractivity contribution >= 4 is 27.3 Å². The van der Waals surface area contributed by atoms with Gasteiger partial charge in [-0.1, -0.05) is 29.8 Å². The molecule has 1 atom stereocenters. The Kier molecular flexibility index (Phi) is 4.60. The molecule has 0 amide bonds. The van der Waals surface area contributed by atoms with Crippen LogP contribution in [0.4, 0.5) is 0 Å². The number of nitrogens with one attached hydrogen (secondary N) is 1. The van der Waals surface area contributed by atoms with Crippen molar-refractivity contribution < 1.29 is 0 Å². The molecule has 1 nitrogen and oxygen atoms in total. The van der Waals surface area contributed by atoms with E-state index in [1.165, 1.54) is 25.4 Å². The maximum Gasteiger partial charge on any atom is 0.0464 e. The predicted octanol–water partition coefficient (Wildman–Crippen LogP) is 4.63. The Morgan fingerprint density at radius 3 is 2.39 bits per heavy atom. The van der Waals surface area contributed by atoms with Crippen molar-refractivity contribution in [2.75, 3.05) is 7.05 Å². The largest absolute Gasteiger partial charge is 0.312 e. The lowest BCUT2D eigenvalue weighted by molar-refractivity contribution is 0.600. The third kappa shape index (κ3) is 3.22. The standard InChI is InChI=1S/C15H18BrNS/c1-10-4-6-12(7-5-10)9-14(17-3)15-13(16)8-11(2)18-15/h4-8,14,17H,9H2,1-3H3. The Morgan fingerprint density at radius 2 is 1.89 bits per heavy atom. The van der Waals surface area contributed by atoms with E-state index in [9.17, 15) is 0 Å². The molecule has 1 aromatic carbocycles. The molecule has 0 saturated carbocycles. The van der Waals surface area contributed by atoms with Gasteiger partial charge in [-0.25, -0.2) is 0 Å². The number of rotatable bonds is 4. The van der Waals surface area contributed by atoms with Crippen molar-refractivity contribution in [2.24, 2.45) is 0 Å². The summed E-state index contributed by atoms with van der Waals surface area (Å²) < 4.78 is 1.22. The molecule has 0 spiro atoms. The molecule has 1 N–H and O–H groups in total. The van der Waals surface area contributed by atoms with Gasteiger partial charge in [0.25, 0.3) is 0 Å². The summed E-state index contributed by atoms with van der Waals surface area (Å²) in [4.78, 5) is 2.73. The number of hydrogen-bond acceptors (Lipinski definition) is 2. The lowest BCUT2D eigenvalue weighted by Gasteiger charge is -2.15. The summed E-state index contributed by atoms with van der Waals surface area (Å²) in [5.74, 6) is 0. The minimum atomic E-state index is 0.376. The van der Waals surface area contributed by atoms with Crippen LogP contribution in [0.15, 0.2) is 34.8 Å². The smallest absolute Gasteiger partial charge is 0.0464 e. The second kappa shape index (κ2) is 6.00. The Bertz CT molecular complexity index is 516. The third-order valence-corrected chi connectivity index (χ3v) is 5.14. The highest BCUT2D eigenvalue weighted by molar-refractivity contribution is 9.10. The number of likely N-dealkylation sites (N-methyl/N-ethyl adjacent to an activating group) is 1. The maximum absolute atomic E-state index is 3.65. The molecule has 2 rings (SSSR count). The summed E-state index contributed by atoms with van der Waals surface area (Å²) in [5.41, 5.74) is 2.69. The SMILES string of the molecule is CNC(Cc1ccc(C)cc1)c1sc(C)cc1Br. The molecule has 0 bridgehead atoms. The highest BCUT2D eigenvalue weighted by Crippen LogP contribution is 2.33. The normalized spacial score (nSPS) is 12.7. The van der Waals surface area contributed by atoms with Crippen LogP contribution in [0.1, 0.15) is 26.9 Å². The van der Waals surface area contributed by atoms with E-state index < -0.39 is 0 Å². The van der Waals surface area contributed by atoms with Crippen LogP contribution in [0.2, 0.25) is 0 Å². The molecule has 0 saturated heterocycles. The minimum Gasteiger partial charge on any atom is -0.312 e. The molecule has 3 heteroatoms. The van der Waals surface area contributed by atoms with Crippen molar-refractivity contribution in [3.05, 3.63) is 55.7 Å². The number of hydrogen-bond donors (Lipinski definition) is 1. The van der Waals surface area contributed by atoms with Crippen LogP contribution in [-0.4, -0.2) is 7.05 Å². The van der Waals surface area contributed by atoms with Gasteiger partial charge in [0.05, 0.1) is 0 Å². The summed E-state index contributed by atoms with van der Waals surface area (Å²) in [5, 5.41) is 3.42. The number of thiophene rings is 1. The van der Waals surface area contributed by atoms with E-state index in [4.69, 9.17) is 0 Å². The zero-order chi connectivity index (χ0) is 13.1. The van der Waals surface area contributed by atoms with Gasteiger partial charge in [0.1, 0.15) is 0 Å². The fourth-order valence-electron chi connectivity index (χ4n) is 2.02. The second-order valence-corrected chi connectivity index (χ2v) is 6.74. The minimum absolute atomic E-state index is 0.376. The summed E-state index contributed by atoms with van der Waals surface area (Å²) in [6.45, 7) is 4.27. The lowest BCUT2D eigenvalue weighted by atomic mass is 10.0. The molecule has 2 aromatic rings. The van der Waals surface area contributed by atoms with Gasteiger partial charge >= 0.3 is 0 Å². The van der Waals surface area contributed by atoms with Crippen LogP contribution in [0.25, 0.3) is 0 Å². The van der Waals surface area contributed by atoms with Crippen molar-refractivity contribution in [3.63, 3.8) is 0 Å². The van der Waals surface area contributed by atoms with Gasteiger partial charge in [-0.05, 0) is 54.9 Å². The summed E-state index contributed by atoms with van der Waals surface area (Å²) in [7, 11) is 2.03. The maximum atomic E-state index is 3.65. The Labute approximate surface area is 121 Å². The van der Waals surface area contributed by atoms with Crippen LogP contribution in [0.3, 0.4) is 0 Å². The van der Waals surface area contributed by atoms with Gasteiger partial charge in [-0.15, -0.1) is 11.3 Å². The van der Waals surface area contributed by atoms with Gasteiger partial charge in [0.15, 0.2) is 0 Å². The molecule has 0 fully saturated rings. The van der Waals surface area contributed by atoms with E-state index in [2.05, 4.69) is 65.4 Å². The molecule has 1 aromatic heterocycles. The number of aryl methyl sites for hydroxylation is 2. The molecular formula is C15H18BrNS. The average molecular weight is 324 g/mol. The Hall–Kier alpha value is -0.640. The zero-order valence-corrected chi connectivity index (χ0v) is 13.4. The molecule has 0 aliphatic rings. The van der Waals surface area contributed by atoms with Gasteiger partial charge in [0.2, 0.25) is 0 Å². The van der Waals surface area contributed by atoms with Gasteiger partial charge in [0, 0.05) is 20.3 Å². The summed E-state index contributed by atoms with van der Waals surface area (Å²) in [6, 6.07) is 11.4. The number of benzene rings is 1. The van der Waals surface area contributed by atoms with Crippen molar-refractivity contribution in [2.45, 2.75) is 26.3 Å². The summed E-state index contributed by atoms with van der Waals surface area (Å²) >= 11 is 5.51. The first-order valence-electron chi connectivity index (χ1n) is 6.09. The third-order valence-electron chi connectivity index (χ3n) is 3.06. The molecule has 96 valence electrons. The highest BCUT2D eigenvalue weighted by Gasteiger charge is 2.15. The van der Waals surface area contributed by atoms with E-state index >= 15 is 0 Å². The summed E-state index contributed by atoms with van der Waals surface area (Å²) in [6.07, 6.45) is 1.02. The van der Waals surface area contributed by atoms with Gasteiger partial charge in [-0.3, -0.25) is 0 Å². The molecule has 0 radical (unpaired) electrons. The molecule has 0 aliphatic carbocycles. The monoisotopic (exact) mass is 323 g/mol. The zero-order valence-electron chi connectivity index (χ0n) is 11.0. The molecule has 18 heavy (non-hydrogen) atoms. The second-order valence-electron chi connectivity index (χ2n) is 4.60. The molecule has 1 unspecified atom stereocenters. The van der Waals surface area contributed by atoms with Crippen LogP contribution < -0.4 is 5.32 Å². The highest BCUT2D eigenvalue weighted by atomic mass is 79.9. The Morgan fingerprint density at radius 1 is 1.22 bits per heavy atom. The first-order valence-corrected chi connectivity index (χ1v) is 7.69. The molecule has 0 aliphatic heterocycles. The van der Waals surface area contributed by atoms with Crippen molar-refractivity contribution in [1.82, 2.24) is 5.32 Å². The number of halogens is 1. The fourth-order valence-corrected chi connectivity index (χ4v) is 4.06. The quantitative estimate of drug-likeness (QED) is 0.864. The Balaban J connectivity index is 2.19. The van der Waals surface area contributed by atoms with E-state index in [0.717, 1.165) is 6.42 Å². The van der Waals surface area contributed by atoms with Crippen molar-refractivity contribution in [1.29, 1.82) is 0 Å².